The molecular weight excluding hydrogens is 372 g/mol. The van der Waals surface area contributed by atoms with Crippen molar-refractivity contribution < 1.29 is 9.53 Å². The Hall–Kier alpha value is -2.04. The first-order valence-electron chi connectivity index (χ1n) is 9.97. The Morgan fingerprint density at radius 1 is 1.14 bits per heavy atom. The van der Waals surface area contributed by atoms with Crippen LogP contribution in [0.25, 0.3) is 0 Å². The lowest BCUT2D eigenvalue weighted by Crippen LogP contribution is -2.49. The van der Waals surface area contributed by atoms with Crippen molar-refractivity contribution in [3.05, 3.63) is 64.7 Å². The minimum atomic E-state index is -0.302. The van der Waals surface area contributed by atoms with E-state index in [4.69, 9.17) is 22.1 Å². The summed E-state index contributed by atoms with van der Waals surface area (Å²) in [6.45, 7) is 1.92. The molecule has 2 aromatic carbocycles. The lowest BCUT2D eigenvalue weighted by Gasteiger charge is -2.42. The highest BCUT2D eigenvalue weighted by Crippen LogP contribution is 2.47. The fourth-order valence-electron chi connectivity index (χ4n) is 4.93. The molecule has 5 atom stereocenters. The van der Waals surface area contributed by atoms with Crippen LogP contribution in [0.5, 0.6) is 0 Å². The van der Waals surface area contributed by atoms with E-state index in [2.05, 4.69) is 24.1 Å². The number of halogens is 1. The predicted molar refractivity (Wildman–Crippen MR) is 112 cm³/mol. The lowest BCUT2D eigenvalue weighted by molar-refractivity contribution is -0.158. The van der Waals surface area contributed by atoms with Gasteiger partial charge in [-0.2, -0.15) is 0 Å². The zero-order valence-electron chi connectivity index (χ0n) is 16.3. The van der Waals surface area contributed by atoms with Gasteiger partial charge in [0.1, 0.15) is 6.10 Å². The van der Waals surface area contributed by atoms with Gasteiger partial charge in [-0.05, 0) is 68.6 Å². The van der Waals surface area contributed by atoms with E-state index in [9.17, 15) is 4.79 Å². The molecule has 2 bridgehead atoms. The first-order valence-corrected chi connectivity index (χ1v) is 10.3. The van der Waals surface area contributed by atoms with Gasteiger partial charge in [-0.3, -0.25) is 9.69 Å². The number of carbonyl (C=O) groups excluding carboxylic acids is 1. The normalized spacial score (nSPS) is 28.1. The summed E-state index contributed by atoms with van der Waals surface area (Å²) in [5.41, 5.74) is 8.61. The molecule has 2 N–H and O–H groups in total. The number of hydrogen-bond acceptors (Lipinski definition) is 4. The molecule has 2 fully saturated rings. The van der Waals surface area contributed by atoms with Crippen LogP contribution in [0.3, 0.4) is 0 Å². The number of fused-ring (bicyclic) bond motifs is 2. The van der Waals surface area contributed by atoms with E-state index in [1.807, 2.05) is 43.3 Å². The summed E-state index contributed by atoms with van der Waals surface area (Å²) in [7, 11) is 2.14. The van der Waals surface area contributed by atoms with Gasteiger partial charge in [0.2, 0.25) is 0 Å². The van der Waals surface area contributed by atoms with Crippen molar-refractivity contribution in [2.24, 2.45) is 5.92 Å². The van der Waals surface area contributed by atoms with E-state index in [1.54, 1.807) is 0 Å². The fraction of sp³-hybridized carbons (Fsp3) is 0.435. The Balaban J connectivity index is 1.58. The van der Waals surface area contributed by atoms with Gasteiger partial charge in [0.05, 0.1) is 5.92 Å². The minimum absolute atomic E-state index is 0.110. The Bertz CT molecular complexity index is 837. The predicted octanol–water partition coefficient (Wildman–Crippen LogP) is 4.79. The minimum Gasteiger partial charge on any atom is -0.458 e. The number of nitrogen functional groups attached to an aromatic ring is 1. The van der Waals surface area contributed by atoms with Crippen LogP contribution in [0.4, 0.5) is 5.69 Å². The average Bonchev–Trinajstić information content (AvgIpc) is 2.91. The highest BCUT2D eigenvalue weighted by atomic mass is 35.5. The molecule has 2 aromatic rings. The standard InChI is InChI=1S/C23H27ClN2O2/c1-14(15-5-9-18(25)10-6-15)28-23(27)22-20(16-3-7-17(24)8-4-16)13-19-11-12-21(22)26(19)2/h3-10,14,19-22H,11-13,25H2,1-2H3/t14?,19-,20+,21+,22-/m0/s1. The number of nitrogens with two attached hydrogens (primary N) is 1. The van der Waals surface area contributed by atoms with Crippen LogP contribution in [-0.4, -0.2) is 30.0 Å². The summed E-state index contributed by atoms with van der Waals surface area (Å²) in [6, 6.07) is 16.2. The van der Waals surface area contributed by atoms with Gasteiger partial charge in [0, 0.05) is 28.7 Å². The maximum Gasteiger partial charge on any atom is 0.311 e. The SMILES string of the molecule is CC(OC(=O)[C@H]1[C@@H](c2ccc(Cl)cc2)C[C@@H]2CC[C@H]1N2C)c1ccc(N)cc1. The van der Waals surface area contributed by atoms with Gasteiger partial charge >= 0.3 is 5.97 Å². The quantitative estimate of drug-likeness (QED) is 0.594. The molecule has 2 aliphatic heterocycles. The number of ether oxygens (including phenoxy) is 1. The number of anilines is 1. The smallest absolute Gasteiger partial charge is 0.311 e. The molecule has 4 nitrogen and oxygen atoms in total. The van der Waals surface area contributed by atoms with Gasteiger partial charge in [0.15, 0.2) is 0 Å². The third kappa shape index (κ3) is 3.63. The largest absolute Gasteiger partial charge is 0.458 e. The van der Waals surface area contributed by atoms with E-state index in [0.717, 1.165) is 29.8 Å². The maximum atomic E-state index is 13.3. The molecule has 2 saturated heterocycles. The Morgan fingerprint density at radius 3 is 2.50 bits per heavy atom. The topological polar surface area (TPSA) is 55.6 Å². The van der Waals surface area contributed by atoms with Crippen LogP contribution in [0, 0.1) is 5.92 Å². The molecule has 0 saturated carbocycles. The zero-order chi connectivity index (χ0) is 19.8. The maximum absolute atomic E-state index is 13.3. The molecule has 0 amide bonds. The Labute approximate surface area is 171 Å². The highest BCUT2D eigenvalue weighted by Gasteiger charge is 2.50. The summed E-state index contributed by atoms with van der Waals surface area (Å²) < 4.78 is 5.96. The number of hydrogen-bond donors (Lipinski definition) is 1. The number of benzene rings is 2. The molecular formula is C23H27ClN2O2. The molecule has 0 aromatic heterocycles. The summed E-state index contributed by atoms with van der Waals surface area (Å²) in [6.07, 6.45) is 2.86. The molecule has 2 heterocycles. The number of nitrogens with zero attached hydrogens (tertiary/aromatic N) is 1. The van der Waals surface area contributed by atoms with Gasteiger partial charge in [-0.1, -0.05) is 35.9 Å². The van der Waals surface area contributed by atoms with Crippen LogP contribution in [-0.2, 0) is 9.53 Å². The van der Waals surface area contributed by atoms with Crippen molar-refractivity contribution in [1.29, 1.82) is 0 Å². The molecule has 148 valence electrons. The van der Waals surface area contributed by atoms with E-state index in [0.29, 0.717) is 11.7 Å². The molecule has 0 radical (unpaired) electrons. The third-order valence-corrected chi connectivity index (χ3v) is 6.79. The summed E-state index contributed by atoms with van der Waals surface area (Å²) in [5.74, 6) is -0.111. The second kappa shape index (κ2) is 7.76. The van der Waals surface area contributed by atoms with Gasteiger partial charge < -0.3 is 10.5 Å². The number of esters is 1. The van der Waals surface area contributed by atoms with Crippen molar-refractivity contribution in [1.82, 2.24) is 4.90 Å². The first kappa shape index (κ1) is 19.3. The molecule has 4 rings (SSSR count). The Kier molecular flexibility index (Phi) is 5.35. The van der Waals surface area contributed by atoms with Crippen molar-refractivity contribution in [2.45, 2.75) is 50.3 Å². The van der Waals surface area contributed by atoms with Crippen LogP contribution in [0.15, 0.2) is 48.5 Å². The summed E-state index contributed by atoms with van der Waals surface area (Å²) in [4.78, 5) is 15.7. The zero-order valence-corrected chi connectivity index (χ0v) is 17.1. The lowest BCUT2D eigenvalue weighted by atomic mass is 9.76. The van der Waals surface area contributed by atoms with E-state index in [1.165, 1.54) is 5.56 Å². The fourth-order valence-corrected chi connectivity index (χ4v) is 5.05. The van der Waals surface area contributed by atoms with E-state index >= 15 is 0 Å². The molecule has 0 spiro atoms. The second-order valence-electron chi connectivity index (χ2n) is 8.13. The van der Waals surface area contributed by atoms with Crippen molar-refractivity contribution >= 4 is 23.3 Å². The van der Waals surface area contributed by atoms with Gasteiger partial charge in [-0.15, -0.1) is 0 Å². The number of rotatable bonds is 4. The van der Waals surface area contributed by atoms with Crippen LogP contribution < -0.4 is 5.73 Å². The molecule has 5 heteroatoms. The Morgan fingerprint density at radius 2 is 1.82 bits per heavy atom. The van der Waals surface area contributed by atoms with Gasteiger partial charge in [-0.25, -0.2) is 0 Å². The van der Waals surface area contributed by atoms with E-state index in [-0.39, 0.29) is 30.0 Å². The van der Waals surface area contributed by atoms with E-state index < -0.39 is 0 Å². The molecule has 28 heavy (non-hydrogen) atoms. The number of piperidine rings is 1. The van der Waals surface area contributed by atoms with Crippen molar-refractivity contribution in [3.8, 4) is 0 Å². The first-order chi connectivity index (χ1) is 13.4. The number of carbonyl (C=O) groups is 1. The van der Waals surface area contributed by atoms with Crippen LogP contribution in [0.2, 0.25) is 5.02 Å². The van der Waals surface area contributed by atoms with Crippen molar-refractivity contribution in [2.75, 3.05) is 12.8 Å². The third-order valence-electron chi connectivity index (χ3n) is 6.54. The van der Waals surface area contributed by atoms with Gasteiger partial charge in [0.25, 0.3) is 0 Å². The summed E-state index contributed by atoms with van der Waals surface area (Å²) >= 11 is 6.08. The van der Waals surface area contributed by atoms with Crippen molar-refractivity contribution in [3.63, 3.8) is 0 Å². The highest BCUT2D eigenvalue weighted by molar-refractivity contribution is 6.30. The molecule has 1 unspecified atom stereocenters. The van der Waals surface area contributed by atoms with Crippen LogP contribution >= 0.6 is 11.6 Å². The molecule has 2 aliphatic rings. The second-order valence-corrected chi connectivity index (χ2v) is 8.57. The summed E-state index contributed by atoms with van der Waals surface area (Å²) in [5, 5.41) is 0.718. The average molecular weight is 399 g/mol. The monoisotopic (exact) mass is 398 g/mol. The van der Waals surface area contributed by atoms with Crippen LogP contribution in [0.1, 0.15) is 49.3 Å². The molecule has 0 aliphatic carbocycles.